The fourth-order valence-electron chi connectivity index (χ4n) is 2.47. The fourth-order valence-corrected chi connectivity index (χ4v) is 2.47. The lowest BCUT2D eigenvalue weighted by atomic mass is 9.96. The molecule has 1 aromatic heterocycles. The summed E-state index contributed by atoms with van der Waals surface area (Å²) >= 11 is 0. The van der Waals surface area contributed by atoms with Crippen molar-refractivity contribution in [2.24, 2.45) is 0 Å². The van der Waals surface area contributed by atoms with E-state index < -0.39 is 5.60 Å². The molecule has 134 valence electrons. The monoisotopic (exact) mass is 337 g/mol. The minimum atomic E-state index is -0.498. The molecule has 0 aliphatic carbocycles. The van der Waals surface area contributed by atoms with Gasteiger partial charge in [0.2, 0.25) is 5.91 Å². The molecular formula is C17H27N3O4. The molecule has 7 nitrogen and oxygen atoms in total. The highest BCUT2D eigenvalue weighted by molar-refractivity contribution is 5.75. The maximum Gasteiger partial charge on any atom is 0.410 e. The summed E-state index contributed by atoms with van der Waals surface area (Å²) in [4.78, 5) is 29.5. The summed E-state index contributed by atoms with van der Waals surface area (Å²) in [6.45, 7) is 9.03. The van der Waals surface area contributed by atoms with Gasteiger partial charge in [-0.1, -0.05) is 13.3 Å². The van der Waals surface area contributed by atoms with E-state index in [9.17, 15) is 9.59 Å². The van der Waals surface area contributed by atoms with Crippen molar-refractivity contribution >= 4 is 12.0 Å². The third kappa shape index (κ3) is 4.97. The second-order valence-electron chi connectivity index (χ2n) is 7.13. The van der Waals surface area contributed by atoms with E-state index in [1.165, 1.54) is 6.39 Å². The van der Waals surface area contributed by atoms with Gasteiger partial charge in [-0.15, -0.1) is 0 Å². The Morgan fingerprint density at radius 1 is 1.42 bits per heavy atom. The standard InChI is InChI=1S/C17H27N3O4/c1-5-6-7-14(21)18-8-13-15(23-11-19-13)12-9-20(10-12)16(22)24-17(2,3)4/h11-12H,5-10H2,1-4H3,(H,18,21). The third-order valence-corrected chi connectivity index (χ3v) is 3.79. The molecule has 2 heterocycles. The Balaban J connectivity index is 1.82. The first-order valence-corrected chi connectivity index (χ1v) is 8.47. The van der Waals surface area contributed by atoms with E-state index in [2.05, 4.69) is 17.2 Å². The number of unbranched alkanes of at least 4 members (excludes halogenated alkanes) is 1. The number of likely N-dealkylation sites (tertiary alicyclic amines) is 1. The number of rotatable bonds is 6. The molecule has 24 heavy (non-hydrogen) atoms. The van der Waals surface area contributed by atoms with Gasteiger partial charge in [0.05, 0.1) is 12.5 Å². The number of hydrogen-bond donors (Lipinski definition) is 1. The van der Waals surface area contributed by atoms with Crippen LogP contribution in [0.3, 0.4) is 0 Å². The molecule has 0 atom stereocenters. The maximum absolute atomic E-state index is 12.0. The minimum absolute atomic E-state index is 0.0230. The van der Waals surface area contributed by atoms with Crippen molar-refractivity contribution in [3.8, 4) is 0 Å². The van der Waals surface area contributed by atoms with Crippen LogP contribution >= 0.6 is 0 Å². The van der Waals surface area contributed by atoms with Crippen LogP contribution in [0.5, 0.6) is 0 Å². The topological polar surface area (TPSA) is 84.7 Å². The van der Waals surface area contributed by atoms with Crippen molar-refractivity contribution in [3.05, 3.63) is 17.8 Å². The Kier molecular flexibility index (Phi) is 5.85. The molecule has 0 bridgehead atoms. The van der Waals surface area contributed by atoms with Gasteiger partial charge < -0.3 is 19.4 Å². The summed E-state index contributed by atoms with van der Waals surface area (Å²) in [5, 5.41) is 2.86. The third-order valence-electron chi connectivity index (χ3n) is 3.79. The van der Waals surface area contributed by atoms with Crippen molar-refractivity contribution in [2.75, 3.05) is 13.1 Å². The van der Waals surface area contributed by atoms with Crippen LogP contribution in [0.2, 0.25) is 0 Å². The van der Waals surface area contributed by atoms with E-state index in [1.807, 2.05) is 20.8 Å². The van der Waals surface area contributed by atoms with Crippen molar-refractivity contribution in [3.63, 3.8) is 0 Å². The van der Waals surface area contributed by atoms with Crippen molar-refractivity contribution in [2.45, 2.75) is 65.0 Å². The highest BCUT2D eigenvalue weighted by atomic mass is 16.6. The second kappa shape index (κ2) is 7.68. The van der Waals surface area contributed by atoms with Gasteiger partial charge in [-0.3, -0.25) is 4.79 Å². The van der Waals surface area contributed by atoms with Gasteiger partial charge in [0.15, 0.2) is 6.39 Å². The molecule has 1 N–H and O–H groups in total. The average molecular weight is 337 g/mol. The van der Waals surface area contributed by atoms with Crippen LogP contribution in [0.15, 0.2) is 10.8 Å². The van der Waals surface area contributed by atoms with Crippen LogP contribution in [0.1, 0.15) is 64.3 Å². The van der Waals surface area contributed by atoms with Crippen molar-refractivity contribution < 1.29 is 18.7 Å². The first kappa shape index (κ1) is 18.3. The number of carbonyl (C=O) groups is 2. The summed E-state index contributed by atoms with van der Waals surface area (Å²) < 4.78 is 10.8. The van der Waals surface area contributed by atoms with E-state index in [4.69, 9.17) is 9.15 Å². The number of amides is 2. The van der Waals surface area contributed by atoms with Crippen LogP contribution in [0.4, 0.5) is 4.79 Å². The lowest BCUT2D eigenvalue weighted by Crippen LogP contribution is -2.50. The van der Waals surface area contributed by atoms with E-state index >= 15 is 0 Å². The molecule has 1 fully saturated rings. The highest BCUT2D eigenvalue weighted by Crippen LogP contribution is 2.30. The smallest absolute Gasteiger partial charge is 0.410 e. The first-order chi connectivity index (χ1) is 11.3. The largest absolute Gasteiger partial charge is 0.448 e. The highest BCUT2D eigenvalue weighted by Gasteiger charge is 2.37. The molecule has 0 spiro atoms. The van der Waals surface area contributed by atoms with E-state index in [0.717, 1.165) is 24.3 Å². The Morgan fingerprint density at radius 3 is 2.75 bits per heavy atom. The predicted molar refractivity (Wildman–Crippen MR) is 88.4 cm³/mol. The molecule has 0 aromatic carbocycles. The maximum atomic E-state index is 12.0. The Hall–Kier alpha value is -2.05. The van der Waals surface area contributed by atoms with Crippen LogP contribution < -0.4 is 5.32 Å². The molecule has 2 rings (SSSR count). The van der Waals surface area contributed by atoms with Gasteiger partial charge in [-0.25, -0.2) is 9.78 Å². The zero-order valence-corrected chi connectivity index (χ0v) is 14.9. The molecular weight excluding hydrogens is 310 g/mol. The van der Waals surface area contributed by atoms with Crippen LogP contribution in [0.25, 0.3) is 0 Å². The number of oxazole rings is 1. The first-order valence-electron chi connectivity index (χ1n) is 8.47. The molecule has 1 aromatic rings. The zero-order chi connectivity index (χ0) is 17.7. The van der Waals surface area contributed by atoms with Crippen molar-refractivity contribution in [1.29, 1.82) is 0 Å². The summed E-state index contributed by atoms with van der Waals surface area (Å²) in [7, 11) is 0. The van der Waals surface area contributed by atoms with Crippen molar-refractivity contribution in [1.82, 2.24) is 15.2 Å². The lowest BCUT2D eigenvalue weighted by molar-refractivity contribution is -0.121. The second-order valence-corrected chi connectivity index (χ2v) is 7.13. The van der Waals surface area contributed by atoms with E-state index in [0.29, 0.717) is 26.1 Å². The molecule has 7 heteroatoms. The van der Waals surface area contributed by atoms with E-state index in [1.54, 1.807) is 4.90 Å². The van der Waals surface area contributed by atoms with Crippen LogP contribution in [0, 0.1) is 0 Å². The van der Waals surface area contributed by atoms with Crippen LogP contribution in [-0.4, -0.2) is 40.6 Å². The molecule has 0 unspecified atom stereocenters. The number of ether oxygens (including phenoxy) is 1. The van der Waals surface area contributed by atoms with Gasteiger partial charge in [0.1, 0.15) is 17.1 Å². The molecule has 0 saturated carbocycles. The zero-order valence-electron chi connectivity index (χ0n) is 14.9. The van der Waals surface area contributed by atoms with Gasteiger partial charge >= 0.3 is 6.09 Å². The molecule has 1 saturated heterocycles. The number of nitrogens with zero attached hydrogens (tertiary/aromatic N) is 2. The molecule has 0 radical (unpaired) electrons. The average Bonchev–Trinajstić information content (AvgIpc) is 2.87. The predicted octanol–water partition coefficient (Wildman–Crippen LogP) is 2.82. The van der Waals surface area contributed by atoms with Gasteiger partial charge in [-0.2, -0.15) is 0 Å². The normalized spacial score (nSPS) is 15.1. The molecule has 1 aliphatic heterocycles. The Labute approximate surface area is 142 Å². The van der Waals surface area contributed by atoms with E-state index in [-0.39, 0.29) is 17.9 Å². The summed E-state index contributed by atoms with van der Waals surface area (Å²) in [6, 6.07) is 0. The summed E-state index contributed by atoms with van der Waals surface area (Å²) in [5.74, 6) is 0.864. The van der Waals surface area contributed by atoms with Crippen LogP contribution in [-0.2, 0) is 16.1 Å². The Morgan fingerprint density at radius 2 is 2.12 bits per heavy atom. The number of hydrogen-bond acceptors (Lipinski definition) is 5. The van der Waals surface area contributed by atoms with Gasteiger partial charge in [0, 0.05) is 19.5 Å². The van der Waals surface area contributed by atoms with Gasteiger partial charge in [-0.05, 0) is 27.2 Å². The lowest BCUT2D eigenvalue weighted by Gasteiger charge is -2.38. The molecule has 1 aliphatic rings. The Bertz CT molecular complexity index is 571. The number of nitrogens with one attached hydrogen (secondary N) is 1. The molecule has 2 amide bonds. The summed E-state index contributed by atoms with van der Waals surface area (Å²) in [5.41, 5.74) is 0.233. The SMILES string of the molecule is CCCCC(=O)NCc1ncoc1C1CN(C(=O)OC(C)(C)C)C1. The number of aromatic nitrogens is 1. The van der Waals surface area contributed by atoms with Gasteiger partial charge in [0.25, 0.3) is 0 Å². The summed E-state index contributed by atoms with van der Waals surface area (Å²) in [6.07, 6.45) is 3.47. The fraction of sp³-hybridized carbons (Fsp3) is 0.706. The number of carbonyl (C=O) groups excluding carboxylic acids is 2. The quantitative estimate of drug-likeness (QED) is 0.863. The minimum Gasteiger partial charge on any atom is -0.448 e.